The second-order valence-electron chi connectivity index (χ2n) is 5.40. The summed E-state index contributed by atoms with van der Waals surface area (Å²) in [5, 5.41) is 3.20. The Morgan fingerprint density at radius 1 is 1.30 bits per heavy atom. The minimum absolute atomic E-state index is 0.165. The number of benzene rings is 1. The Morgan fingerprint density at radius 3 is 2.70 bits per heavy atom. The highest BCUT2D eigenvalue weighted by Gasteiger charge is 2.21. The van der Waals surface area contributed by atoms with Crippen LogP contribution in [0, 0.1) is 5.82 Å². The van der Waals surface area contributed by atoms with Gasteiger partial charge in [0.25, 0.3) is 0 Å². The summed E-state index contributed by atoms with van der Waals surface area (Å²) in [6.45, 7) is 4.25. The van der Waals surface area contributed by atoms with Crippen molar-refractivity contribution in [2.75, 3.05) is 19.6 Å². The maximum atomic E-state index is 13.5. The Hall–Kier alpha value is -1.42. The monoisotopic (exact) mass is 278 g/mol. The van der Waals surface area contributed by atoms with E-state index < -0.39 is 0 Å². The molecule has 1 fully saturated rings. The molecule has 4 heteroatoms. The predicted molar refractivity (Wildman–Crippen MR) is 78.0 cm³/mol. The quantitative estimate of drug-likeness (QED) is 0.896. The molecule has 1 N–H and O–H groups in total. The third kappa shape index (κ3) is 4.04. The number of carbonyl (C=O) groups is 1. The Morgan fingerprint density at radius 2 is 2.00 bits per heavy atom. The van der Waals surface area contributed by atoms with Crippen molar-refractivity contribution in [3.8, 4) is 0 Å². The van der Waals surface area contributed by atoms with Gasteiger partial charge in [0.15, 0.2) is 0 Å². The molecule has 1 aliphatic rings. The average molecular weight is 278 g/mol. The van der Waals surface area contributed by atoms with Crippen molar-refractivity contribution in [2.45, 2.75) is 38.6 Å². The number of halogens is 1. The van der Waals surface area contributed by atoms with Gasteiger partial charge in [0.2, 0.25) is 5.91 Å². The summed E-state index contributed by atoms with van der Waals surface area (Å²) >= 11 is 0. The summed E-state index contributed by atoms with van der Waals surface area (Å²) in [6.07, 6.45) is 4.03. The van der Waals surface area contributed by atoms with E-state index in [9.17, 15) is 9.18 Å². The van der Waals surface area contributed by atoms with Crippen molar-refractivity contribution in [1.29, 1.82) is 0 Å². The molecule has 1 atom stereocenters. The molecule has 1 unspecified atom stereocenters. The molecule has 2 rings (SSSR count). The Bertz CT molecular complexity index is 444. The standard InChI is InChI=1S/C16H23FN2O/c1-13(16(20)19-11-5-2-6-12-19)18-10-9-14-7-3-4-8-15(14)17/h3-4,7-8,13,18H,2,5-6,9-12H2,1H3. The van der Waals surface area contributed by atoms with Crippen LogP contribution in [0.3, 0.4) is 0 Å². The first-order chi connectivity index (χ1) is 9.68. The molecule has 1 saturated heterocycles. The maximum Gasteiger partial charge on any atom is 0.239 e. The molecular weight excluding hydrogens is 255 g/mol. The van der Waals surface area contributed by atoms with Gasteiger partial charge in [0.1, 0.15) is 5.82 Å². The molecule has 20 heavy (non-hydrogen) atoms. The normalized spacial score (nSPS) is 17.0. The fourth-order valence-electron chi connectivity index (χ4n) is 2.60. The summed E-state index contributed by atoms with van der Waals surface area (Å²) in [7, 11) is 0. The second kappa shape index (κ2) is 7.39. The third-order valence-electron chi connectivity index (χ3n) is 3.84. The molecule has 110 valence electrons. The number of amides is 1. The predicted octanol–water partition coefficient (Wildman–Crippen LogP) is 2.36. The topological polar surface area (TPSA) is 32.3 Å². The molecule has 1 amide bonds. The molecule has 0 aromatic heterocycles. The highest BCUT2D eigenvalue weighted by molar-refractivity contribution is 5.81. The molecule has 0 bridgehead atoms. The molecule has 0 aliphatic carbocycles. The largest absolute Gasteiger partial charge is 0.341 e. The van der Waals surface area contributed by atoms with Crippen molar-refractivity contribution in [1.82, 2.24) is 10.2 Å². The average Bonchev–Trinajstić information content (AvgIpc) is 2.49. The molecular formula is C16H23FN2O. The highest BCUT2D eigenvalue weighted by atomic mass is 19.1. The van der Waals surface area contributed by atoms with Crippen LogP contribution in [0.5, 0.6) is 0 Å². The highest BCUT2D eigenvalue weighted by Crippen LogP contribution is 2.10. The Labute approximate surface area is 120 Å². The lowest BCUT2D eigenvalue weighted by Crippen LogP contribution is -2.47. The fourth-order valence-corrected chi connectivity index (χ4v) is 2.60. The fraction of sp³-hybridized carbons (Fsp3) is 0.562. The number of nitrogens with zero attached hydrogens (tertiary/aromatic N) is 1. The summed E-state index contributed by atoms with van der Waals surface area (Å²) < 4.78 is 13.5. The molecule has 1 aromatic rings. The zero-order valence-electron chi connectivity index (χ0n) is 12.1. The minimum atomic E-state index is -0.195. The van der Waals surface area contributed by atoms with E-state index in [1.807, 2.05) is 17.9 Å². The smallest absolute Gasteiger partial charge is 0.239 e. The van der Waals surface area contributed by atoms with Gasteiger partial charge in [0, 0.05) is 19.6 Å². The van der Waals surface area contributed by atoms with Crippen molar-refractivity contribution >= 4 is 5.91 Å². The SMILES string of the molecule is CC(NCCc1ccccc1F)C(=O)N1CCCCC1. The molecule has 0 radical (unpaired) electrons. The van der Waals surface area contributed by atoms with Crippen molar-refractivity contribution in [3.05, 3.63) is 35.6 Å². The Kier molecular flexibility index (Phi) is 5.53. The van der Waals surface area contributed by atoms with Gasteiger partial charge in [-0.25, -0.2) is 4.39 Å². The Balaban J connectivity index is 1.75. The number of likely N-dealkylation sites (tertiary alicyclic amines) is 1. The minimum Gasteiger partial charge on any atom is -0.341 e. The number of piperidine rings is 1. The van der Waals surface area contributed by atoms with Crippen LogP contribution in [0.2, 0.25) is 0 Å². The van der Waals surface area contributed by atoms with E-state index in [0.29, 0.717) is 18.5 Å². The summed E-state index contributed by atoms with van der Waals surface area (Å²) in [6, 6.07) is 6.58. The van der Waals surface area contributed by atoms with Gasteiger partial charge < -0.3 is 10.2 Å². The lowest BCUT2D eigenvalue weighted by molar-refractivity contribution is -0.133. The summed E-state index contributed by atoms with van der Waals surface area (Å²) in [5.74, 6) is -0.0115. The number of hydrogen-bond acceptors (Lipinski definition) is 2. The maximum absolute atomic E-state index is 13.5. The zero-order valence-corrected chi connectivity index (χ0v) is 12.1. The molecule has 1 aromatic carbocycles. The summed E-state index contributed by atoms with van der Waals surface area (Å²) in [5.41, 5.74) is 0.692. The number of carbonyl (C=O) groups excluding carboxylic acids is 1. The van der Waals surface area contributed by atoms with E-state index in [-0.39, 0.29) is 17.8 Å². The summed E-state index contributed by atoms with van der Waals surface area (Å²) in [4.78, 5) is 14.1. The van der Waals surface area contributed by atoms with Gasteiger partial charge >= 0.3 is 0 Å². The van der Waals surface area contributed by atoms with E-state index in [2.05, 4.69) is 5.32 Å². The van der Waals surface area contributed by atoms with Crippen LogP contribution in [-0.4, -0.2) is 36.5 Å². The van der Waals surface area contributed by atoms with Gasteiger partial charge in [-0.15, -0.1) is 0 Å². The first-order valence-corrected chi connectivity index (χ1v) is 7.44. The van der Waals surface area contributed by atoms with Crippen molar-refractivity contribution in [3.63, 3.8) is 0 Å². The number of rotatable bonds is 5. The molecule has 0 spiro atoms. The van der Waals surface area contributed by atoms with Crippen LogP contribution in [0.1, 0.15) is 31.7 Å². The molecule has 1 heterocycles. The molecule has 3 nitrogen and oxygen atoms in total. The van der Waals surface area contributed by atoms with Crippen LogP contribution in [0.15, 0.2) is 24.3 Å². The molecule has 1 aliphatic heterocycles. The first-order valence-electron chi connectivity index (χ1n) is 7.44. The van der Waals surface area contributed by atoms with E-state index in [1.54, 1.807) is 12.1 Å². The van der Waals surface area contributed by atoms with Crippen LogP contribution in [0.4, 0.5) is 4.39 Å². The third-order valence-corrected chi connectivity index (χ3v) is 3.84. The van der Waals surface area contributed by atoms with Crippen molar-refractivity contribution < 1.29 is 9.18 Å². The van der Waals surface area contributed by atoms with E-state index in [4.69, 9.17) is 0 Å². The van der Waals surface area contributed by atoms with E-state index in [1.165, 1.54) is 12.5 Å². The second-order valence-corrected chi connectivity index (χ2v) is 5.40. The lowest BCUT2D eigenvalue weighted by Gasteiger charge is -2.29. The van der Waals surface area contributed by atoms with Gasteiger partial charge in [-0.05, 0) is 44.2 Å². The van der Waals surface area contributed by atoms with E-state index in [0.717, 1.165) is 25.9 Å². The van der Waals surface area contributed by atoms with Gasteiger partial charge in [0.05, 0.1) is 6.04 Å². The molecule has 0 saturated carbocycles. The van der Waals surface area contributed by atoms with Crippen LogP contribution in [-0.2, 0) is 11.2 Å². The number of hydrogen-bond donors (Lipinski definition) is 1. The number of nitrogens with one attached hydrogen (secondary N) is 1. The van der Waals surface area contributed by atoms with Gasteiger partial charge in [-0.2, -0.15) is 0 Å². The zero-order chi connectivity index (χ0) is 14.4. The van der Waals surface area contributed by atoms with Crippen LogP contribution >= 0.6 is 0 Å². The lowest BCUT2D eigenvalue weighted by atomic mass is 10.1. The van der Waals surface area contributed by atoms with Gasteiger partial charge in [-0.1, -0.05) is 18.2 Å². The van der Waals surface area contributed by atoms with Crippen LogP contribution in [0.25, 0.3) is 0 Å². The van der Waals surface area contributed by atoms with Crippen molar-refractivity contribution in [2.24, 2.45) is 0 Å². The van der Waals surface area contributed by atoms with Gasteiger partial charge in [-0.3, -0.25) is 4.79 Å². The van der Waals surface area contributed by atoms with E-state index >= 15 is 0 Å². The van der Waals surface area contributed by atoms with Crippen LogP contribution < -0.4 is 5.32 Å². The first kappa shape index (κ1) is 15.0.